The highest BCUT2D eigenvalue weighted by atomic mass is 79.9. The maximum absolute atomic E-state index is 10.9. The van der Waals surface area contributed by atoms with Gasteiger partial charge in [0.2, 0.25) is 10.8 Å². The molecule has 0 saturated carbocycles. The molecule has 1 aliphatic heterocycles. The fraction of sp³-hybridized carbons (Fsp3) is 0.444. The van der Waals surface area contributed by atoms with Crippen LogP contribution in [0.3, 0.4) is 0 Å². The van der Waals surface area contributed by atoms with Crippen LogP contribution in [0, 0.1) is 6.92 Å². The van der Waals surface area contributed by atoms with Gasteiger partial charge >= 0.3 is 0 Å². The molecule has 3 aromatic rings. The van der Waals surface area contributed by atoms with E-state index in [-0.39, 0.29) is 11.9 Å². The molecule has 3 heterocycles. The van der Waals surface area contributed by atoms with Crippen molar-refractivity contribution >= 4 is 32.2 Å². The highest BCUT2D eigenvalue weighted by molar-refractivity contribution is 9.10. The molecular weight excluding hydrogens is 414 g/mol. The Labute approximate surface area is 165 Å². The number of fused-ring (bicyclic) bond motifs is 1. The molecule has 0 aliphatic carbocycles. The number of benzene rings is 1. The topological polar surface area (TPSA) is 56.9 Å². The highest BCUT2D eigenvalue weighted by Gasteiger charge is 2.31. The van der Waals surface area contributed by atoms with Crippen LogP contribution in [0.5, 0.6) is 5.88 Å². The average molecular weight is 436 g/mol. The third-order valence-electron chi connectivity index (χ3n) is 4.94. The minimum absolute atomic E-state index is 0.000289. The third-order valence-corrected chi connectivity index (χ3v) is 6.50. The van der Waals surface area contributed by atoms with E-state index in [4.69, 9.17) is 0 Å². The third kappa shape index (κ3) is 3.26. The molecule has 1 aliphatic rings. The van der Waals surface area contributed by atoms with Crippen molar-refractivity contribution in [2.75, 3.05) is 32.7 Å². The summed E-state index contributed by atoms with van der Waals surface area (Å²) in [6, 6.07) is 8.34. The number of nitrogens with zero attached hydrogens (tertiary/aromatic N) is 5. The molecule has 26 heavy (non-hydrogen) atoms. The summed E-state index contributed by atoms with van der Waals surface area (Å²) in [6.45, 7) is 9.15. The lowest BCUT2D eigenvalue weighted by Gasteiger charge is -2.38. The number of likely N-dealkylation sites (N-methyl/N-ethyl adjacent to an activating group) is 1. The van der Waals surface area contributed by atoms with E-state index in [1.54, 1.807) is 4.52 Å². The zero-order valence-electron chi connectivity index (χ0n) is 14.9. The van der Waals surface area contributed by atoms with Gasteiger partial charge < -0.3 is 10.0 Å². The van der Waals surface area contributed by atoms with Gasteiger partial charge in [-0.3, -0.25) is 4.90 Å². The van der Waals surface area contributed by atoms with Gasteiger partial charge in [-0.1, -0.05) is 46.3 Å². The van der Waals surface area contributed by atoms with Crippen LogP contribution in [0.15, 0.2) is 28.7 Å². The fourth-order valence-electron chi connectivity index (χ4n) is 3.57. The van der Waals surface area contributed by atoms with Crippen molar-refractivity contribution in [2.24, 2.45) is 0 Å². The number of rotatable bonds is 4. The van der Waals surface area contributed by atoms with Crippen LogP contribution in [0.4, 0.5) is 0 Å². The second-order valence-corrected chi connectivity index (χ2v) is 8.50. The number of aromatic nitrogens is 3. The molecule has 0 unspecified atom stereocenters. The van der Waals surface area contributed by atoms with Gasteiger partial charge in [0, 0.05) is 30.7 Å². The number of thiazole rings is 1. The van der Waals surface area contributed by atoms with Crippen LogP contribution in [-0.2, 0) is 0 Å². The first kappa shape index (κ1) is 17.9. The van der Waals surface area contributed by atoms with Crippen LogP contribution in [0.2, 0.25) is 0 Å². The van der Waals surface area contributed by atoms with E-state index < -0.39 is 0 Å². The largest absolute Gasteiger partial charge is 0.492 e. The van der Waals surface area contributed by atoms with Crippen LogP contribution in [0.1, 0.15) is 29.2 Å². The minimum Gasteiger partial charge on any atom is -0.492 e. The molecule has 0 bridgehead atoms. The molecule has 138 valence electrons. The van der Waals surface area contributed by atoms with Crippen LogP contribution in [-0.4, -0.2) is 62.2 Å². The van der Waals surface area contributed by atoms with Crippen molar-refractivity contribution in [1.29, 1.82) is 0 Å². The zero-order chi connectivity index (χ0) is 18.3. The maximum atomic E-state index is 10.9. The number of halogens is 1. The van der Waals surface area contributed by atoms with Crippen molar-refractivity contribution in [3.8, 4) is 5.88 Å². The summed E-state index contributed by atoms with van der Waals surface area (Å²) in [6.07, 6.45) is 0. The predicted octanol–water partition coefficient (Wildman–Crippen LogP) is 3.29. The Bertz CT molecular complexity index is 916. The lowest BCUT2D eigenvalue weighted by atomic mass is 10.0. The molecule has 0 amide bonds. The SMILES string of the molecule is CCN1CCN([C@@H](c2cccc(Br)c2)c2sc3nc(C)nn3c2O)CC1. The molecule has 8 heteroatoms. The average Bonchev–Trinajstić information content (AvgIpc) is 3.14. The normalized spacial score (nSPS) is 17.8. The summed E-state index contributed by atoms with van der Waals surface area (Å²) in [5.74, 6) is 0.877. The highest BCUT2D eigenvalue weighted by Crippen LogP contribution is 2.40. The van der Waals surface area contributed by atoms with Gasteiger partial charge in [0.15, 0.2) is 0 Å². The molecule has 1 atom stereocenters. The van der Waals surface area contributed by atoms with E-state index in [0.29, 0.717) is 5.82 Å². The molecule has 1 N–H and O–H groups in total. The van der Waals surface area contributed by atoms with E-state index in [9.17, 15) is 5.11 Å². The number of aromatic hydroxyl groups is 1. The van der Waals surface area contributed by atoms with Gasteiger partial charge in [0.1, 0.15) is 5.82 Å². The molecule has 6 nitrogen and oxygen atoms in total. The second-order valence-electron chi connectivity index (χ2n) is 6.57. The number of piperazine rings is 1. The quantitative estimate of drug-likeness (QED) is 0.680. The molecule has 1 saturated heterocycles. The molecule has 1 aromatic carbocycles. The van der Waals surface area contributed by atoms with Gasteiger partial charge in [-0.15, -0.1) is 5.10 Å². The summed E-state index contributed by atoms with van der Waals surface area (Å²) in [5, 5.41) is 15.2. The predicted molar refractivity (Wildman–Crippen MR) is 107 cm³/mol. The van der Waals surface area contributed by atoms with E-state index >= 15 is 0 Å². The number of hydrogen-bond acceptors (Lipinski definition) is 6. The summed E-state index contributed by atoms with van der Waals surface area (Å²) >= 11 is 5.11. The van der Waals surface area contributed by atoms with Crippen LogP contribution in [0.25, 0.3) is 4.96 Å². The molecule has 4 rings (SSSR count). The van der Waals surface area contributed by atoms with Crippen molar-refractivity contribution in [1.82, 2.24) is 24.4 Å². The van der Waals surface area contributed by atoms with Crippen LogP contribution < -0.4 is 0 Å². The molecule has 0 spiro atoms. The lowest BCUT2D eigenvalue weighted by molar-refractivity contribution is 0.113. The van der Waals surface area contributed by atoms with Gasteiger partial charge in [-0.25, -0.2) is 4.98 Å². The minimum atomic E-state index is 0.000289. The van der Waals surface area contributed by atoms with Gasteiger partial charge in [0.25, 0.3) is 0 Å². The first-order chi connectivity index (χ1) is 12.6. The molecule has 0 radical (unpaired) electrons. The lowest BCUT2D eigenvalue weighted by Crippen LogP contribution is -2.47. The molecular formula is C18H22BrN5OS. The summed E-state index contributed by atoms with van der Waals surface area (Å²) in [4.78, 5) is 11.0. The first-order valence-electron chi connectivity index (χ1n) is 8.83. The van der Waals surface area contributed by atoms with E-state index in [1.165, 1.54) is 16.9 Å². The van der Waals surface area contributed by atoms with Gasteiger partial charge in [-0.2, -0.15) is 4.52 Å². The Kier molecular flexibility index (Phi) is 5.00. The monoisotopic (exact) mass is 435 g/mol. The van der Waals surface area contributed by atoms with Crippen molar-refractivity contribution < 1.29 is 5.11 Å². The number of aryl methyl sites for hydroxylation is 1. The van der Waals surface area contributed by atoms with Gasteiger partial charge in [-0.05, 0) is 31.2 Å². The van der Waals surface area contributed by atoms with Crippen molar-refractivity contribution in [2.45, 2.75) is 19.9 Å². The number of hydrogen-bond donors (Lipinski definition) is 1. The Hall–Kier alpha value is -1.48. The Morgan fingerprint density at radius 1 is 1.27 bits per heavy atom. The Morgan fingerprint density at radius 3 is 2.69 bits per heavy atom. The Morgan fingerprint density at radius 2 is 2.04 bits per heavy atom. The molecule has 2 aromatic heterocycles. The van der Waals surface area contributed by atoms with E-state index in [0.717, 1.165) is 47.0 Å². The van der Waals surface area contributed by atoms with E-state index in [1.807, 2.05) is 19.1 Å². The standard InChI is InChI=1S/C18H22BrN5OS/c1-3-22-7-9-23(10-8-22)15(13-5-4-6-14(19)11-13)16-17(25)24-18(26-16)20-12(2)21-24/h4-6,11,15,25H,3,7-10H2,1-2H3/t15-/m0/s1. The molecule has 1 fully saturated rings. The second kappa shape index (κ2) is 7.26. The summed E-state index contributed by atoms with van der Waals surface area (Å²) < 4.78 is 2.60. The zero-order valence-corrected chi connectivity index (χ0v) is 17.3. The van der Waals surface area contributed by atoms with Gasteiger partial charge in [0.05, 0.1) is 10.9 Å². The van der Waals surface area contributed by atoms with Crippen LogP contribution >= 0.6 is 27.3 Å². The van der Waals surface area contributed by atoms with Crippen molar-refractivity contribution in [3.63, 3.8) is 0 Å². The summed E-state index contributed by atoms with van der Waals surface area (Å²) in [7, 11) is 0. The first-order valence-corrected chi connectivity index (χ1v) is 10.4. The van der Waals surface area contributed by atoms with Crippen molar-refractivity contribution in [3.05, 3.63) is 45.0 Å². The maximum Gasteiger partial charge on any atom is 0.230 e. The fourth-order valence-corrected chi connectivity index (χ4v) is 5.15. The van der Waals surface area contributed by atoms with E-state index in [2.05, 4.69) is 54.9 Å². The summed E-state index contributed by atoms with van der Waals surface area (Å²) in [5.41, 5.74) is 1.17. The Balaban J connectivity index is 1.77. The smallest absolute Gasteiger partial charge is 0.230 e.